The maximum Gasteiger partial charge on any atom is 0.306 e. The molecule has 0 N–H and O–H groups in total. The molecule has 0 saturated heterocycles. The van der Waals surface area contributed by atoms with Gasteiger partial charge in [0.15, 0.2) is 6.10 Å². The Morgan fingerprint density at radius 2 is 0.524 bits per heavy atom. The highest BCUT2D eigenvalue weighted by Gasteiger charge is 2.19. The Morgan fingerprint density at radius 3 is 0.778 bits per heavy atom. The first-order chi connectivity index (χ1) is 30.9. The molecule has 0 spiro atoms. The van der Waals surface area contributed by atoms with Crippen LogP contribution in [0.2, 0.25) is 0 Å². The van der Waals surface area contributed by atoms with Gasteiger partial charge in [0.2, 0.25) is 0 Å². The van der Waals surface area contributed by atoms with Crippen molar-refractivity contribution in [2.24, 2.45) is 5.92 Å². The normalized spacial score (nSPS) is 12.0. The molecule has 0 aromatic carbocycles. The summed E-state index contributed by atoms with van der Waals surface area (Å²) in [6.45, 7) is 9.06. The van der Waals surface area contributed by atoms with E-state index in [-0.39, 0.29) is 31.1 Å². The molecule has 0 aliphatic rings. The van der Waals surface area contributed by atoms with Crippen molar-refractivity contribution >= 4 is 17.9 Å². The third-order valence-electron chi connectivity index (χ3n) is 13.0. The van der Waals surface area contributed by atoms with Crippen LogP contribution >= 0.6 is 0 Å². The van der Waals surface area contributed by atoms with E-state index in [4.69, 9.17) is 14.2 Å². The number of hydrogen-bond donors (Lipinski definition) is 0. The molecule has 0 rings (SSSR count). The molecule has 0 aliphatic heterocycles. The Kier molecular flexibility index (Phi) is 50.1. The minimum absolute atomic E-state index is 0.0619. The number of esters is 3. The van der Waals surface area contributed by atoms with Crippen molar-refractivity contribution in [3.8, 4) is 0 Å². The Hall–Kier alpha value is -1.59. The van der Waals surface area contributed by atoms with Crippen molar-refractivity contribution in [2.45, 2.75) is 329 Å². The summed E-state index contributed by atoms with van der Waals surface area (Å²) in [5.41, 5.74) is 0. The molecule has 63 heavy (non-hydrogen) atoms. The molecule has 0 unspecified atom stereocenters. The van der Waals surface area contributed by atoms with Gasteiger partial charge >= 0.3 is 17.9 Å². The van der Waals surface area contributed by atoms with E-state index in [0.29, 0.717) is 19.3 Å². The van der Waals surface area contributed by atoms with Gasteiger partial charge in [-0.15, -0.1) is 0 Å². The number of carbonyl (C=O) groups is 3. The predicted molar refractivity (Wildman–Crippen MR) is 270 cm³/mol. The lowest BCUT2D eigenvalue weighted by atomic mass is 10.0. The highest BCUT2D eigenvalue weighted by molar-refractivity contribution is 5.71. The lowest BCUT2D eigenvalue weighted by Gasteiger charge is -2.18. The van der Waals surface area contributed by atoms with Gasteiger partial charge in [-0.3, -0.25) is 14.4 Å². The molecule has 6 nitrogen and oxygen atoms in total. The quantitative estimate of drug-likeness (QED) is 0.0344. The lowest BCUT2D eigenvalue weighted by molar-refractivity contribution is -0.167. The largest absolute Gasteiger partial charge is 0.462 e. The minimum atomic E-state index is -0.761. The summed E-state index contributed by atoms with van der Waals surface area (Å²) in [7, 11) is 0. The Labute approximate surface area is 393 Å². The van der Waals surface area contributed by atoms with Crippen LogP contribution in [0.3, 0.4) is 0 Å². The van der Waals surface area contributed by atoms with E-state index < -0.39 is 6.10 Å². The molecule has 0 saturated carbocycles. The summed E-state index contributed by atoms with van der Waals surface area (Å²) in [6, 6.07) is 0. The van der Waals surface area contributed by atoms with Crippen molar-refractivity contribution in [3.05, 3.63) is 0 Å². The van der Waals surface area contributed by atoms with Gasteiger partial charge in [0, 0.05) is 19.3 Å². The number of unbranched alkanes of at least 4 members (excludes halogenated alkanes) is 39. The van der Waals surface area contributed by atoms with Gasteiger partial charge in [0.05, 0.1) is 0 Å². The highest BCUT2D eigenvalue weighted by atomic mass is 16.6. The third-order valence-corrected chi connectivity index (χ3v) is 13.0. The van der Waals surface area contributed by atoms with Crippen LogP contribution in [0.4, 0.5) is 0 Å². The van der Waals surface area contributed by atoms with E-state index in [1.54, 1.807) is 0 Å². The summed E-state index contributed by atoms with van der Waals surface area (Å²) in [5.74, 6) is 0.0114. The standard InChI is InChI=1S/C57H110O6/c1-5-7-9-11-13-15-17-19-21-25-29-33-37-41-45-49-56(59)62-52-54(51-61-55(58)48-44-40-36-32-28-18-16-14-12-10-8-6-2)63-57(60)50-46-42-38-34-30-26-23-20-22-24-27-31-35-39-43-47-53(3)4/h53-54H,5-52H2,1-4H3/t54-/m0/s1. The van der Waals surface area contributed by atoms with Gasteiger partial charge in [-0.1, -0.05) is 285 Å². The predicted octanol–water partition coefficient (Wildman–Crippen LogP) is 18.6. The van der Waals surface area contributed by atoms with E-state index in [2.05, 4.69) is 27.7 Å². The van der Waals surface area contributed by atoms with Gasteiger partial charge in [0.25, 0.3) is 0 Å². The monoisotopic (exact) mass is 891 g/mol. The molecule has 0 aromatic rings. The van der Waals surface area contributed by atoms with Gasteiger partial charge in [-0.2, -0.15) is 0 Å². The zero-order chi connectivity index (χ0) is 45.9. The third kappa shape index (κ3) is 51.3. The van der Waals surface area contributed by atoms with Crippen molar-refractivity contribution in [3.63, 3.8) is 0 Å². The first kappa shape index (κ1) is 61.4. The van der Waals surface area contributed by atoms with Gasteiger partial charge in [0.1, 0.15) is 13.2 Å². The number of hydrogen-bond acceptors (Lipinski definition) is 6. The molecular formula is C57H110O6. The Morgan fingerprint density at radius 1 is 0.302 bits per heavy atom. The molecule has 374 valence electrons. The number of rotatable bonds is 52. The fourth-order valence-corrected chi connectivity index (χ4v) is 8.75. The molecule has 6 heteroatoms. The average molecular weight is 892 g/mol. The second kappa shape index (κ2) is 51.4. The van der Waals surface area contributed by atoms with Crippen molar-refractivity contribution < 1.29 is 28.6 Å². The lowest BCUT2D eigenvalue weighted by Crippen LogP contribution is -2.30. The molecule has 0 bridgehead atoms. The van der Waals surface area contributed by atoms with Crippen molar-refractivity contribution in [1.82, 2.24) is 0 Å². The van der Waals surface area contributed by atoms with E-state index in [0.717, 1.165) is 63.7 Å². The fourth-order valence-electron chi connectivity index (χ4n) is 8.75. The van der Waals surface area contributed by atoms with Crippen molar-refractivity contribution in [1.29, 1.82) is 0 Å². The first-order valence-electron chi connectivity index (χ1n) is 28.4. The molecule has 0 fully saturated rings. The molecule has 0 aliphatic carbocycles. The van der Waals surface area contributed by atoms with Gasteiger partial charge < -0.3 is 14.2 Å². The summed E-state index contributed by atoms with van der Waals surface area (Å²) >= 11 is 0. The van der Waals surface area contributed by atoms with E-state index >= 15 is 0 Å². The molecule has 0 aromatic heterocycles. The highest BCUT2D eigenvalue weighted by Crippen LogP contribution is 2.18. The first-order valence-corrected chi connectivity index (χ1v) is 28.4. The zero-order valence-electron chi connectivity index (χ0n) is 43.0. The van der Waals surface area contributed by atoms with E-state index in [9.17, 15) is 14.4 Å². The van der Waals surface area contributed by atoms with Crippen LogP contribution in [0.1, 0.15) is 323 Å². The second-order valence-electron chi connectivity index (χ2n) is 20.1. The maximum absolute atomic E-state index is 12.8. The molecular weight excluding hydrogens is 781 g/mol. The van der Waals surface area contributed by atoms with E-state index in [1.165, 1.54) is 218 Å². The van der Waals surface area contributed by atoms with Gasteiger partial charge in [-0.25, -0.2) is 0 Å². The summed E-state index contributed by atoms with van der Waals surface area (Å²) in [5, 5.41) is 0. The second-order valence-corrected chi connectivity index (χ2v) is 20.1. The molecule has 0 radical (unpaired) electrons. The summed E-state index contributed by atoms with van der Waals surface area (Å²) in [4.78, 5) is 38.1. The maximum atomic E-state index is 12.8. The summed E-state index contributed by atoms with van der Waals surface area (Å²) < 4.78 is 16.9. The van der Waals surface area contributed by atoms with Crippen LogP contribution in [0, 0.1) is 5.92 Å². The van der Waals surface area contributed by atoms with Crippen LogP contribution in [-0.2, 0) is 28.6 Å². The van der Waals surface area contributed by atoms with Gasteiger partial charge in [-0.05, 0) is 25.2 Å². The smallest absolute Gasteiger partial charge is 0.306 e. The fraction of sp³-hybridized carbons (Fsp3) is 0.947. The van der Waals surface area contributed by atoms with E-state index in [1.807, 2.05) is 0 Å². The number of carbonyl (C=O) groups excluding carboxylic acids is 3. The average Bonchev–Trinajstić information content (AvgIpc) is 3.27. The number of ether oxygens (including phenoxy) is 3. The van der Waals surface area contributed by atoms with Crippen LogP contribution in [0.5, 0.6) is 0 Å². The minimum Gasteiger partial charge on any atom is -0.462 e. The SMILES string of the molecule is CCCCCCCCCCCCCCCCCC(=O)OC[C@H](COC(=O)CCCCCCCCCCCCCC)OC(=O)CCCCCCCCCCCCCCCCCC(C)C. The van der Waals surface area contributed by atoms with Crippen LogP contribution in [0.25, 0.3) is 0 Å². The zero-order valence-corrected chi connectivity index (χ0v) is 43.0. The van der Waals surface area contributed by atoms with Crippen LogP contribution < -0.4 is 0 Å². The Bertz CT molecular complexity index is 949. The molecule has 1 atom stereocenters. The topological polar surface area (TPSA) is 78.9 Å². The van der Waals surface area contributed by atoms with Crippen LogP contribution in [-0.4, -0.2) is 37.2 Å². The summed E-state index contributed by atoms with van der Waals surface area (Å²) in [6.07, 6.45) is 55.2. The van der Waals surface area contributed by atoms with Crippen molar-refractivity contribution in [2.75, 3.05) is 13.2 Å². The molecule has 0 amide bonds. The molecule has 0 heterocycles. The Balaban J connectivity index is 4.28. The van der Waals surface area contributed by atoms with Crippen LogP contribution in [0.15, 0.2) is 0 Å².